The van der Waals surface area contributed by atoms with Gasteiger partial charge in [-0.2, -0.15) is 10.5 Å². The number of rotatable bonds is 16. The topological polar surface area (TPSA) is 210 Å². The van der Waals surface area contributed by atoms with Crippen LogP contribution in [0.25, 0.3) is 11.2 Å². The second kappa shape index (κ2) is 18.3. The summed E-state index contributed by atoms with van der Waals surface area (Å²) in [6.45, 7) is -3.84. The van der Waals surface area contributed by atoms with Gasteiger partial charge in [0.1, 0.15) is 19.0 Å². The van der Waals surface area contributed by atoms with Crippen molar-refractivity contribution in [2.75, 3.05) is 24.9 Å². The molecule has 1 saturated heterocycles. The molecule has 0 radical (unpaired) electrons. The van der Waals surface area contributed by atoms with Gasteiger partial charge in [-0.05, 0) is 48.2 Å². The Bertz CT molecular complexity index is 2230. The van der Waals surface area contributed by atoms with Gasteiger partial charge in [0.05, 0.1) is 61.2 Å². The number of benzene rings is 3. The summed E-state index contributed by atoms with van der Waals surface area (Å²) < 4.78 is 37.2. The lowest BCUT2D eigenvalue weighted by atomic mass is 10.1. The largest absolute Gasteiger partial charge is 0.459 e. The number of hydrogen-bond acceptors (Lipinski definition) is 15. The van der Waals surface area contributed by atoms with E-state index in [1.165, 1.54) is 17.2 Å². The van der Waals surface area contributed by atoms with Crippen LogP contribution in [-0.4, -0.2) is 75.6 Å². The highest BCUT2D eigenvalue weighted by Gasteiger charge is 2.52. The summed E-state index contributed by atoms with van der Waals surface area (Å²) in [6.07, 6.45) is -2.37. The number of hydrogen-bond donors (Lipinski definition) is 1. The van der Waals surface area contributed by atoms with E-state index in [-0.39, 0.29) is 59.7 Å². The number of carbonyl (C=O) groups is 3. The van der Waals surface area contributed by atoms with E-state index in [2.05, 4.69) is 20.0 Å². The predicted molar refractivity (Wildman–Crippen MR) is 198 cm³/mol. The summed E-state index contributed by atoms with van der Waals surface area (Å²) in [4.78, 5) is 53.4. The Balaban J connectivity index is 1.37. The lowest BCUT2D eigenvalue weighted by Crippen LogP contribution is -2.41. The number of imidazole rings is 1. The Hall–Kier alpha value is -6.07. The van der Waals surface area contributed by atoms with Crippen LogP contribution in [0, 0.1) is 22.7 Å². The number of fused-ring (bicyclic) bond motifs is 1. The normalized spacial score (nSPS) is 17.8. The lowest BCUT2D eigenvalue weighted by Gasteiger charge is -2.25. The molecule has 0 unspecified atom stereocenters. The monoisotopic (exact) mass is 781 g/mol. The number of nitriles is 2. The van der Waals surface area contributed by atoms with Gasteiger partial charge in [0.25, 0.3) is 6.64 Å². The highest BCUT2D eigenvalue weighted by molar-refractivity contribution is 8.10. The first-order chi connectivity index (χ1) is 26.8. The minimum Gasteiger partial charge on any atom is -0.459 e. The number of ether oxygens (including phenoxy) is 4. The summed E-state index contributed by atoms with van der Waals surface area (Å²) in [5, 5.41) is 21.0. The van der Waals surface area contributed by atoms with Gasteiger partial charge in [-0.1, -0.05) is 54.6 Å². The molecule has 18 heteroatoms. The summed E-state index contributed by atoms with van der Waals surface area (Å²) in [6, 6.07) is 28.7. The molecule has 2 aromatic heterocycles. The molecular weight excluding hydrogens is 749 g/mol. The fourth-order valence-electron chi connectivity index (χ4n) is 5.46. The van der Waals surface area contributed by atoms with Crippen molar-refractivity contribution in [3.05, 3.63) is 120 Å². The van der Waals surface area contributed by atoms with Crippen molar-refractivity contribution in [1.82, 2.24) is 19.5 Å². The average Bonchev–Trinajstić information content (AvgIpc) is 3.79. The van der Waals surface area contributed by atoms with Crippen LogP contribution in [0.1, 0.15) is 50.1 Å². The van der Waals surface area contributed by atoms with Crippen molar-refractivity contribution in [2.24, 2.45) is 0 Å². The third-order valence-electron chi connectivity index (χ3n) is 8.00. The second-order valence-electron chi connectivity index (χ2n) is 11.6. The van der Waals surface area contributed by atoms with Gasteiger partial charge < -0.3 is 28.0 Å². The number of aromatic nitrogens is 4. The Kier molecular flexibility index (Phi) is 12.9. The van der Waals surface area contributed by atoms with Crippen LogP contribution < -0.4 is 5.09 Å². The number of anilines is 1. The van der Waals surface area contributed by atoms with Gasteiger partial charge in [0.15, 0.2) is 35.4 Å². The second-order valence-corrected chi connectivity index (χ2v) is 14.8. The maximum Gasteiger partial charge on any atom is 0.338 e. The molecule has 280 valence electrons. The summed E-state index contributed by atoms with van der Waals surface area (Å²) in [5.41, 5.74) is 1.08. The maximum atomic E-state index is 13.6. The molecule has 6 rings (SSSR count). The molecule has 3 heterocycles. The zero-order chi connectivity index (χ0) is 38.6. The minimum atomic E-state index is -3.36. The average molecular weight is 782 g/mol. The molecule has 1 fully saturated rings. The molecule has 1 aliphatic rings. The van der Waals surface area contributed by atoms with Crippen molar-refractivity contribution in [3.8, 4) is 12.1 Å². The van der Waals surface area contributed by atoms with E-state index in [0.29, 0.717) is 0 Å². The van der Waals surface area contributed by atoms with E-state index in [1.807, 2.05) is 12.1 Å². The molecule has 0 aliphatic carbocycles. The number of esters is 3. The Labute approximate surface area is 319 Å². The molecule has 0 amide bonds. The van der Waals surface area contributed by atoms with E-state index in [0.717, 1.165) is 0 Å². The maximum absolute atomic E-state index is 13.6. The van der Waals surface area contributed by atoms with Crippen molar-refractivity contribution in [2.45, 2.75) is 37.4 Å². The molecule has 4 atom stereocenters. The molecule has 1 N–H and O–H groups in total. The first-order valence-corrected chi connectivity index (χ1v) is 19.4. The van der Waals surface area contributed by atoms with Crippen molar-refractivity contribution < 1.29 is 42.4 Å². The van der Waals surface area contributed by atoms with Crippen LogP contribution in [0.4, 0.5) is 5.82 Å². The molecule has 5 aromatic rings. The van der Waals surface area contributed by atoms with Crippen LogP contribution in [0.5, 0.6) is 0 Å². The first kappa shape index (κ1) is 38.6. The molecule has 0 spiro atoms. The number of carbonyl (C=O) groups excluding carboxylic acids is 3. The fraction of sp³-hybridized carbons (Fsp3) is 0.243. The minimum absolute atomic E-state index is 0.0371. The number of nitrogens with zero attached hydrogens (tertiary/aromatic N) is 6. The smallest absolute Gasteiger partial charge is 0.338 e. The molecule has 3 aromatic carbocycles. The Morgan fingerprint density at radius 2 is 1.29 bits per heavy atom. The van der Waals surface area contributed by atoms with Gasteiger partial charge in [-0.25, -0.2) is 29.3 Å². The van der Waals surface area contributed by atoms with Gasteiger partial charge in [0, 0.05) is 0 Å². The van der Waals surface area contributed by atoms with Crippen LogP contribution in [0.15, 0.2) is 104 Å². The standard InChI is InChI=1S/C37H32N7O9PS/c38-18-10-20-49-54(55,50-21-11-19-39)43-32-29-33(41-23-40-32)44(24-42-29)34-31(53-37(47)27-16-8-3-9-17-27)30(52-36(46)26-14-6-2-7-15-26)28(51-34)22-48-35(45)25-12-4-1-5-13-25/h1-9,12-17,23-24,28,30-31,34H,10-11,20-22H2,(H,40,41,43,55)/t28-,30-,31-,34-/m1/s1. The molecule has 16 nitrogen and oxygen atoms in total. The van der Waals surface area contributed by atoms with E-state index in [1.54, 1.807) is 91.0 Å². The quantitative estimate of drug-likeness (QED) is 0.0565. The van der Waals surface area contributed by atoms with Crippen molar-refractivity contribution in [1.29, 1.82) is 10.5 Å². The van der Waals surface area contributed by atoms with Crippen molar-refractivity contribution in [3.63, 3.8) is 0 Å². The first-order valence-electron chi connectivity index (χ1n) is 16.8. The Morgan fingerprint density at radius 3 is 1.84 bits per heavy atom. The van der Waals surface area contributed by atoms with Gasteiger partial charge in [0.2, 0.25) is 0 Å². The summed E-state index contributed by atoms with van der Waals surface area (Å²) >= 11 is 5.67. The molecule has 55 heavy (non-hydrogen) atoms. The fourth-order valence-corrected chi connectivity index (χ4v) is 7.45. The molecule has 1 aliphatic heterocycles. The van der Waals surface area contributed by atoms with Crippen LogP contribution >= 0.6 is 6.64 Å². The van der Waals surface area contributed by atoms with Crippen LogP contribution in [-0.2, 0) is 39.8 Å². The molecule has 0 bridgehead atoms. The molecular formula is C37H32N7O9PS. The summed E-state index contributed by atoms with van der Waals surface area (Å²) in [7, 11) is 0. The van der Waals surface area contributed by atoms with E-state index < -0.39 is 55.7 Å². The van der Waals surface area contributed by atoms with E-state index in [9.17, 15) is 14.4 Å². The third kappa shape index (κ3) is 9.54. The van der Waals surface area contributed by atoms with Crippen LogP contribution in [0.2, 0.25) is 0 Å². The zero-order valence-electron chi connectivity index (χ0n) is 28.9. The van der Waals surface area contributed by atoms with Crippen LogP contribution in [0.3, 0.4) is 0 Å². The van der Waals surface area contributed by atoms with Gasteiger partial charge >= 0.3 is 17.9 Å². The van der Waals surface area contributed by atoms with E-state index in [4.69, 9.17) is 50.3 Å². The summed E-state index contributed by atoms with van der Waals surface area (Å²) in [5.74, 6) is -2.03. The van der Waals surface area contributed by atoms with Crippen molar-refractivity contribution >= 4 is 53.3 Å². The third-order valence-corrected chi connectivity index (χ3v) is 10.4. The Morgan fingerprint density at radius 1 is 0.764 bits per heavy atom. The predicted octanol–water partition coefficient (Wildman–Crippen LogP) is 5.53. The molecule has 0 saturated carbocycles. The van der Waals surface area contributed by atoms with E-state index >= 15 is 0 Å². The van der Waals surface area contributed by atoms with Gasteiger partial charge in [-0.15, -0.1) is 0 Å². The number of nitrogens with one attached hydrogen (secondary N) is 1. The SMILES string of the molecule is N#CCCOP(=S)(Nc1ncnc2c1ncn2[C@@H]1O[C@H](COC(=O)c2ccccc2)[C@@H](OC(=O)c2ccccc2)[C@H]1OC(=O)c1ccccc1)OCCC#N. The zero-order valence-corrected chi connectivity index (χ0v) is 30.6. The highest BCUT2D eigenvalue weighted by atomic mass is 32.5. The lowest BCUT2D eigenvalue weighted by molar-refractivity contribution is -0.0606. The highest BCUT2D eigenvalue weighted by Crippen LogP contribution is 2.49. The van der Waals surface area contributed by atoms with Gasteiger partial charge in [-0.3, -0.25) is 9.65 Å².